The van der Waals surface area contributed by atoms with Crippen LogP contribution in [0.4, 0.5) is 5.69 Å². The molecule has 1 aromatic carbocycles. The third-order valence-corrected chi connectivity index (χ3v) is 3.47. The van der Waals surface area contributed by atoms with E-state index in [4.69, 9.17) is 0 Å². The van der Waals surface area contributed by atoms with Crippen molar-refractivity contribution >= 4 is 17.7 Å². The van der Waals surface area contributed by atoms with Gasteiger partial charge in [0, 0.05) is 18.2 Å². The smallest absolute Gasteiger partial charge is 0.276 e. The first-order valence-corrected chi connectivity index (χ1v) is 7.09. The lowest BCUT2D eigenvalue weighted by Gasteiger charge is -2.14. The van der Waals surface area contributed by atoms with E-state index in [2.05, 4.69) is 10.6 Å². The first-order valence-electron chi connectivity index (χ1n) is 7.09. The first-order chi connectivity index (χ1) is 10.2. The molecule has 1 amide bonds. The van der Waals surface area contributed by atoms with Crippen LogP contribution < -0.4 is 10.6 Å². The molecule has 6 nitrogen and oxygen atoms in total. The van der Waals surface area contributed by atoms with Gasteiger partial charge >= 0.3 is 0 Å². The summed E-state index contributed by atoms with van der Waals surface area (Å²) >= 11 is 0. The highest BCUT2D eigenvalue weighted by atomic mass is 16.6. The SMILES string of the molecule is O=C(/C=C/c1ccccc1[N+](=O)[O-])NC1CCCNCC1. The number of nitrogens with one attached hydrogen (secondary N) is 2. The zero-order valence-corrected chi connectivity index (χ0v) is 11.7. The summed E-state index contributed by atoms with van der Waals surface area (Å²) in [6, 6.07) is 6.53. The topological polar surface area (TPSA) is 84.3 Å². The van der Waals surface area contributed by atoms with Crippen LogP contribution in [-0.4, -0.2) is 30.0 Å². The van der Waals surface area contributed by atoms with Crippen molar-refractivity contribution in [2.75, 3.05) is 13.1 Å². The van der Waals surface area contributed by atoms with Crippen LogP contribution in [-0.2, 0) is 4.79 Å². The van der Waals surface area contributed by atoms with Gasteiger partial charge < -0.3 is 10.6 Å². The number of para-hydroxylation sites is 1. The van der Waals surface area contributed by atoms with Crippen LogP contribution in [0, 0.1) is 10.1 Å². The van der Waals surface area contributed by atoms with Crippen molar-refractivity contribution < 1.29 is 9.72 Å². The summed E-state index contributed by atoms with van der Waals surface area (Å²) in [5.41, 5.74) is 0.431. The predicted octanol–water partition coefficient (Wildman–Crippen LogP) is 1.87. The van der Waals surface area contributed by atoms with Crippen molar-refractivity contribution in [3.63, 3.8) is 0 Å². The number of amides is 1. The molecule has 0 aliphatic carbocycles. The normalized spacial score (nSPS) is 19.1. The quantitative estimate of drug-likeness (QED) is 0.503. The van der Waals surface area contributed by atoms with Crippen molar-refractivity contribution in [3.8, 4) is 0 Å². The highest BCUT2D eigenvalue weighted by Crippen LogP contribution is 2.18. The zero-order valence-electron chi connectivity index (χ0n) is 11.7. The van der Waals surface area contributed by atoms with Gasteiger partial charge in [0.05, 0.1) is 10.5 Å². The monoisotopic (exact) mass is 289 g/mol. The summed E-state index contributed by atoms with van der Waals surface area (Å²) in [5.74, 6) is -0.208. The molecule has 1 aliphatic heterocycles. The second-order valence-corrected chi connectivity index (χ2v) is 5.04. The van der Waals surface area contributed by atoms with Crippen molar-refractivity contribution in [1.29, 1.82) is 0 Å². The Bertz CT molecular complexity index is 535. The van der Waals surface area contributed by atoms with Crippen LogP contribution >= 0.6 is 0 Å². The molecule has 1 aliphatic rings. The first kappa shape index (κ1) is 15.2. The van der Waals surface area contributed by atoms with Gasteiger partial charge in [0.1, 0.15) is 0 Å². The van der Waals surface area contributed by atoms with E-state index in [1.807, 2.05) is 0 Å². The van der Waals surface area contributed by atoms with Gasteiger partial charge in [0.15, 0.2) is 0 Å². The summed E-state index contributed by atoms with van der Waals surface area (Å²) in [7, 11) is 0. The number of rotatable bonds is 4. The van der Waals surface area contributed by atoms with Gasteiger partial charge in [-0.25, -0.2) is 0 Å². The molecule has 0 spiro atoms. The van der Waals surface area contributed by atoms with Gasteiger partial charge in [-0.15, -0.1) is 0 Å². The van der Waals surface area contributed by atoms with Crippen molar-refractivity contribution in [1.82, 2.24) is 10.6 Å². The fourth-order valence-corrected chi connectivity index (χ4v) is 2.37. The maximum absolute atomic E-state index is 11.9. The van der Waals surface area contributed by atoms with Gasteiger partial charge in [-0.05, 0) is 44.5 Å². The average Bonchev–Trinajstić information content (AvgIpc) is 2.74. The molecule has 0 bridgehead atoms. The van der Waals surface area contributed by atoms with E-state index in [-0.39, 0.29) is 17.6 Å². The molecule has 21 heavy (non-hydrogen) atoms. The van der Waals surface area contributed by atoms with Gasteiger partial charge in [-0.2, -0.15) is 0 Å². The van der Waals surface area contributed by atoms with Gasteiger partial charge in [0.2, 0.25) is 5.91 Å². The summed E-state index contributed by atoms with van der Waals surface area (Å²) < 4.78 is 0. The van der Waals surface area contributed by atoms with Gasteiger partial charge in [0.25, 0.3) is 5.69 Å². The molecule has 0 radical (unpaired) electrons. The van der Waals surface area contributed by atoms with E-state index in [9.17, 15) is 14.9 Å². The number of nitrogens with zero attached hydrogens (tertiary/aromatic N) is 1. The lowest BCUT2D eigenvalue weighted by molar-refractivity contribution is -0.385. The van der Waals surface area contributed by atoms with Gasteiger partial charge in [-0.1, -0.05) is 12.1 Å². The fraction of sp³-hybridized carbons (Fsp3) is 0.400. The number of hydrogen-bond donors (Lipinski definition) is 2. The molecule has 1 aromatic rings. The Hall–Kier alpha value is -2.21. The van der Waals surface area contributed by atoms with Crippen LogP contribution in [0.5, 0.6) is 0 Å². The summed E-state index contributed by atoms with van der Waals surface area (Å²) in [6.45, 7) is 1.89. The second kappa shape index (κ2) is 7.54. The standard InChI is InChI=1S/C15H19N3O3/c19-15(17-13-5-3-10-16-11-9-13)8-7-12-4-1-2-6-14(12)18(20)21/h1-2,4,6-8,13,16H,3,5,9-11H2,(H,17,19)/b8-7+. The van der Waals surface area contributed by atoms with Crippen LogP contribution in [0.3, 0.4) is 0 Å². The Kier molecular flexibility index (Phi) is 5.45. The predicted molar refractivity (Wildman–Crippen MR) is 80.8 cm³/mol. The minimum Gasteiger partial charge on any atom is -0.350 e. The highest BCUT2D eigenvalue weighted by molar-refractivity contribution is 5.92. The van der Waals surface area contributed by atoms with Crippen LogP contribution in [0.1, 0.15) is 24.8 Å². The fourth-order valence-electron chi connectivity index (χ4n) is 2.37. The molecule has 1 fully saturated rings. The molecule has 2 rings (SSSR count). The summed E-state index contributed by atoms with van der Waals surface area (Å²) in [4.78, 5) is 22.3. The molecule has 6 heteroatoms. The molecule has 2 N–H and O–H groups in total. The minimum absolute atomic E-state index is 0.000200. The Morgan fingerprint density at radius 2 is 2.14 bits per heavy atom. The molecule has 112 valence electrons. The number of benzene rings is 1. The number of carbonyl (C=O) groups is 1. The molecule has 1 saturated heterocycles. The van der Waals surface area contributed by atoms with E-state index in [0.717, 1.165) is 32.4 Å². The lowest BCUT2D eigenvalue weighted by Crippen LogP contribution is -2.34. The summed E-state index contributed by atoms with van der Waals surface area (Å²) in [6.07, 6.45) is 5.75. The number of carbonyl (C=O) groups excluding carboxylic acids is 1. The Morgan fingerprint density at radius 3 is 2.95 bits per heavy atom. The van der Waals surface area contributed by atoms with Crippen molar-refractivity contribution in [3.05, 3.63) is 46.0 Å². The Balaban J connectivity index is 1.97. The van der Waals surface area contributed by atoms with E-state index in [0.29, 0.717) is 5.56 Å². The van der Waals surface area contributed by atoms with Crippen LogP contribution in [0.2, 0.25) is 0 Å². The lowest BCUT2D eigenvalue weighted by atomic mass is 10.1. The zero-order chi connectivity index (χ0) is 15.1. The van der Waals surface area contributed by atoms with E-state index in [1.165, 1.54) is 18.2 Å². The maximum Gasteiger partial charge on any atom is 0.276 e. The largest absolute Gasteiger partial charge is 0.350 e. The molecule has 1 heterocycles. The van der Waals surface area contributed by atoms with Crippen molar-refractivity contribution in [2.45, 2.75) is 25.3 Å². The Morgan fingerprint density at radius 1 is 1.33 bits per heavy atom. The number of hydrogen-bond acceptors (Lipinski definition) is 4. The van der Waals surface area contributed by atoms with Crippen LogP contribution in [0.15, 0.2) is 30.3 Å². The minimum atomic E-state index is -0.450. The molecule has 1 atom stereocenters. The Labute approximate surface area is 123 Å². The van der Waals surface area contributed by atoms with E-state index in [1.54, 1.807) is 18.2 Å². The second-order valence-electron chi connectivity index (χ2n) is 5.04. The average molecular weight is 289 g/mol. The molecule has 1 unspecified atom stereocenters. The van der Waals surface area contributed by atoms with E-state index >= 15 is 0 Å². The maximum atomic E-state index is 11.9. The molecule has 0 aromatic heterocycles. The third kappa shape index (κ3) is 4.68. The van der Waals surface area contributed by atoms with Crippen LogP contribution in [0.25, 0.3) is 6.08 Å². The van der Waals surface area contributed by atoms with Gasteiger partial charge in [-0.3, -0.25) is 14.9 Å². The number of nitro groups is 1. The summed E-state index contributed by atoms with van der Waals surface area (Å²) in [5, 5.41) is 17.1. The third-order valence-electron chi connectivity index (χ3n) is 3.47. The molecular weight excluding hydrogens is 270 g/mol. The molecular formula is C15H19N3O3. The molecule has 0 saturated carbocycles. The van der Waals surface area contributed by atoms with E-state index < -0.39 is 4.92 Å². The number of nitro benzene ring substituents is 1. The highest BCUT2D eigenvalue weighted by Gasteiger charge is 2.13. The van der Waals surface area contributed by atoms with Crippen molar-refractivity contribution in [2.24, 2.45) is 0 Å².